The first-order chi connectivity index (χ1) is 7.38. The molecule has 0 amide bonds. The molecule has 0 saturated heterocycles. The highest BCUT2D eigenvalue weighted by Gasteiger charge is 1.96. The van der Waals surface area contributed by atoms with Crippen LogP contribution in [0.5, 0.6) is 11.5 Å². The Morgan fingerprint density at radius 2 is 1.65 bits per heavy atom. The molecule has 0 radical (unpaired) electrons. The Labute approximate surface area is 113 Å². The smallest absolute Gasteiger partial charge is 0.145 e. The summed E-state index contributed by atoms with van der Waals surface area (Å²) in [6.07, 6.45) is 1.68. The summed E-state index contributed by atoms with van der Waals surface area (Å²) >= 11 is 0. The van der Waals surface area contributed by atoms with Crippen molar-refractivity contribution in [1.82, 2.24) is 4.98 Å². The third-order valence-corrected chi connectivity index (χ3v) is 1.99. The molecule has 0 aliphatic carbocycles. The lowest BCUT2D eigenvalue weighted by Crippen LogP contribution is -1.98. The number of para-hydroxylation sites is 1. The van der Waals surface area contributed by atoms with E-state index in [-0.39, 0.29) is 24.8 Å². The van der Waals surface area contributed by atoms with Crippen LogP contribution in [0.2, 0.25) is 0 Å². The topological polar surface area (TPSA) is 48.1 Å². The average molecular weight is 273 g/mol. The number of nitrogens with zero attached hydrogens (tertiary/aromatic N) is 1. The standard InChI is InChI=1S/C12H12N2O.2ClH/c13-8-10-6-7-12(9-14-10)15-11-4-2-1-3-5-11;;/h1-7,9H,8,13H2;2*1H. The van der Waals surface area contributed by atoms with Gasteiger partial charge in [0.1, 0.15) is 11.5 Å². The predicted octanol–water partition coefficient (Wildman–Crippen LogP) is 3.18. The minimum absolute atomic E-state index is 0. The molecule has 0 saturated carbocycles. The fraction of sp³-hybridized carbons (Fsp3) is 0.0833. The summed E-state index contributed by atoms with van der Waals surface area (Å²) < 4.78 is 5.57. The molecule has 5 heteroatoms. The van der Waals surface area contributed by atoms with Gasteiger partial charge in [0.2, 0.25) is 0 Å². The van der Waals surface area contributed by atoms with Gasteiger partial charge in [-0.2, -0.15) is 0 Å². The monoisotopic (exact) mass is 272 g/mol. The van der Waals surface area contributed by atoms with Gasteiger partial charge in [0, 0.05) is 6.54 Å². The van der Waals surface area contributed by atoms with Crippen molar-refractivity contribution in [2.45, 2.75) is 6.54 Å². The van der Waals surface area contributed by atoms with Crippen LogP contribution in [0.4, 0.5) is 0 Å². The number of benzene rings is 1. The van der Waals surface area contributed by atoms with Crippen molar-refractivity contribution in [2.24, 2.45) is 5.73 Å². The van der Waals surface area contributed by atoms with Gasteiger partial charge in [0.25, 0.3) is 0 Å². The van der Waals surface area contributed by atoms with Crippen LogP contribution in [0.3, 0.4) is 0 Å². The molecule has 0 atom stereocenters. The molecule has 0 aliphatic rings. The highest BCUT2D eigenvalue weighted by Crippen LogP contribution is 2.19. The molecular formula is C12H14Cl2N2O. The molecule has 0 fully saturated rings. The van der Waals surface area contributed by atoms with Crippen molar-refractivity contribution >= 4 is 24.8 Å². The number of nitrogens with two attached hydrogens (primary N) is 1. The van der Waals surface area contributed by atoms with Crippen LogP contribution in [0, 0.1) is 0 Å². The van der Waals surface area contributed by atoms with E-state index in [4.69, 9.17) is 10.5 Å². The molecule has 92 valence electrons. The molecule has 3 nitrogen and oxygen atoms in total. The second-order valence-corrected chi connectivity index (χ2v) is 3.10. The van der Waals surface area contributed by atoms with Crippen LogP contribution in [0.15, 0.2) is 48.7 Å². The third-order valence-electron chi connectivity index (χ3n) is 1.99. The molecule has 1 aromatic heterocycles. The van der Waals surface area contributed by atoms with E-state index in [0.717, 1.165) is 17.2 Å². The van der Waals surface area contributed by atoms with Crippen molar-refractivity contribution in [1.29, 1.82) is 0 Å². The summed E-state index contributed by atoms with van der Waals surface area (Å²) in [6, 6.07) is 13.3. The fourth-order valence-corrected chi connectivity index (χ4v) is 1.22. The molecule has 1 aromatic carbocycles. The minimum Gasteiger partial charge on any atom is -0.456 e. The van der Waals surface area contributed by atoms with Crippen molar-refractivity contribution < 1.29 is 4.74 Å². The number of ether oxygens (including phenoxy) is 1. The minimum atomic E-state index is 0. The molecule has 17 heavy (non-hydrogen) atoms. The van der Waals surface area contributed by atoms with Gasteiger partial charge in [0.15, 0.2) is 0 Å². The SMILES string of the molecule is Cl.Cl.NCc1ccc(Oc2ccccc2)cn1. The molecule has 0 aliphatic heterocycles. The molecule has 0 spiro atoms. The Hall–Kier alpha value is -1.29. The molecule has 1 heterocycles. The summed E-state index contributed by atoms with van der Waals surface area (Å²) in [6.45, 7) is 0.450. The highest BCUT2D eigenvalue weighted by molar-refractivity contribution is 5.85. The third kappa shape index (κ3) is 4.61. The first-order valence-electron chi connectivity index (χ1n) is 4.76. The maximum absolute atomic E-state index is 5.57. The Morgan fingerprint density at radius 3 is 2.18 bits per heavy atom. The lowest BCUT2D eigenvalue weighted by atomic mass is 10.3. The highest BCUT2D eigenvalue weighted by atomic mass is 35.5. The van der Waals surface area contributed by atoms with E-state index in [1.165, 1.54) is 0 Å². The van der Waals surface area contributed by atoms with Crippen LogP contribution >= 0.6 is 24.8 Å². The zero-order chi connectivity index (χ0) is 10.5. The molecule has 2 N–H and O–H groups in total. The summed E-state index contributed by atoms with van der Waals surface area (Å²) in [5.41, 5.74) is 6.31. The molecular weight excluding hydrogens is 259 g/mol. The maximum Gasteiger partial charge on any atom is 0.145 e. The molecule has 0 unspecified atom stereocenters. The Morgan fingerprint density at radius 1 is 0.941 bits per heavy atom. The van der Waals surface area contributed by atoms with E-state index in [9.17, 15) is 0 Å². The fourth-order valence-electron chi connectivity index (χ4n) is 1.22. The normalized spacial score (nSPS) is 8.76. The number of pyridine rings is 1. The van der Waals surface area contributed by atoms with Crippen LogP contribution in [0.1, 0.15) is 5.69 Å². The average Bonchev–Trinajstić information content (AvgIpc) is 2.31. The Bertz CT molecular complexity index is 420. The second kappa shape index (κ2) is 7.90. The summed E-state index contributed by atoms with van der Waals surface area (Å²) in [5.74, 6) is 1.53. The first-order valence-corrected chi connectivity index (χ1v) is 4.76. The summed E-state index contributed by atoms with van der Waals surface area (Å²) in [4.78, 5) is 4.14. The first kappa shape index (κ1) is 15.7. The van der Waals surface area contributed by atoms with Gasteiger partial charge in [-0.1, -0.05) is 18.2 Å². The van der Waals surface area contributed by atoms with Crippen molar-refractivity contribution in [3.05, 3.63) is 54.4 Å². The van der Waals surface area contributed by atoms with Crippen LogP contribution in [-0.2, 0) is 6.54 Å². The van der Waals surface area contributed by atoms with Gasteiger partial charge < -0.3 is 10.5 Å². The zero-order valence-corrected chi connectivity index (χ0v) is 10.7. The summed E-state index contributed by atoms with van der Waals surface area (Å²) in [7, 11) is 0. The Balaban J connectivity index is 0.00000128. The number of aromatic nitrogens is 1. The van der Waals surface area contributed by atoms with Gasteiger partial charge in [-0.3, -0.25) is 4.98 Å². The quantitative estimate of drug-likeness (QED) is 0.934. The van der Waals surface area contributed by atoms with Crippen LogP contribution in [0.25, 0.3) is 0 Å². The largest absolute Gasteiger partial charge is 0.456 e. The second-order valence-electron chi connectivity index (χ2n) is 3.10. The Kier molecular flexibility index (Phi) is 7.30. The van der Waals surface area contributed by atoms with E-state index < -0.39 is 0 Å². The maximum atomic E-state index is 5.57. The van der Waals surface area contributed by atoms with E-state index in [0.29, 0.717) is 6.54 Å². The van der Waals surface area contributed by atoms with Crippen molar-refractivity contribution in [2.75, 3.05) is 0 Å². The van der Waals surface area contributed by atoms with Crippen molar-refractivity contribution in [3.63, 3.8) is 0 Å². The van der Waals surface area contributed by atoms with E-state index in [1.54, 1.807) is 6.20 Å². The number of hydrogen-bond acceptors (Lipinski definition) is 3. The van der Waals surface area contributed by atoms with Gasteiger partial charge >= 0.3 is 0 Å². The lowest BCUT2D eigenvalue weighted by Gasteiger charge is -2.04. The number of halogens is 2. The van der Waals surface area contributed by atoms with Gasteiger partial charge in [-0.05, 0) is 24.3 Å². The van der Waals surface area contributed by atoms with E-state index >= 15 is 0 Å². The molecule has 2 rings (SSSR count). The summed E-state index contributed by atoms with van der Waals surface area (Å²) in [5, 5.41) is 0. The number of rotatable bonds is 3. The number of hydrogen-bond donors (Lipinski definition) is 1. The van der Waals surface area contributed by atoms with E-state index in [1.807, 2.05) is 42.5 Å². The van der Waals surface area contributed by atoms with Gasteiger partial charge in [0.05, 0.1) is 11.9 Å². The van der Waals surface area contributed by atoms with Gasteiger partial charge in [-0.25, -0.2) is 0 Å². The predicted molar refractivity (Wildman–Crippen MR) is 73.1 cm³/mol. The lowest BCUT2D eigenvalue weighted by molar-refractivity contribution is 0.480. The molecule has 2 aromatic rings. The van der Waals surface area contributed by atoms with Crippen LogP contribution < -0.4 is 10.5 Å². The van der Waals surface area contributed by atoms with Crippen LogP contribution in [-0.4, -0.2) is 4.98 Å². The van der Waals surface area contributed by atoms with Gasteiger partial charge in [-0.15, -0.1) is 24.8 Å². The molecule has 0 bridgehead atoms. The van der Waals surface area contributed by atoms with E-state index in [2.05, 4.69) is 4.98 Å². The zero-order valence-electron chi connectivity index (χ0n) is 9.08. The van der Waals surface area contributed by atoms with Crippen molar-refractivity contribution in [3.8, 4) is 11.5 Å².